The lowest BCUT2D eigenvalue weighted by Gasteiger charge is -2.13. The number of imidazole rings is 1. The molecule has 1 N–H and O–H groups in total. The molecule has 2 aromatic rings. The molecular formula is C14H18N2O2S. The predicted octanol–water partition coefficient (Wildman–Crippen LogP) is 3.26. The molecule has 19 heavy (non-hydrogen) atoms. The average Bonchev–Trinajstić information content (AvgIpc) is 2.74. The highest BCUT2D eigenvalue weighted by Gasteiger charge is 2.13. The number of carboxylic acids is 1. The molecule has 5 heteroatoms. The normalized spacial score (nSPS) is 12.7. The van der Waals surface area contributed by atoms with Gasteiger partial charge in [-0.2, -0.15) is 0 Å². The van der Waals surface area contributed by atoms with Crippen molar-refractivity contribution >= 4 is 28.8 Å². The van der Waals surface area contributed by atoms with Crippen LogP contribution in [0.4, 0.5) is 0 Å². The van der Waals surface area contributed by atoms with Crippen molar-refractivity contribution in [3.8, 4) is 0 Å². The van der Waals surface area contributed by atoms with E-state index in [2.05, 4.69) is 23.4 Å². The summed E-state index contributed by atoms with van der Waals surface area (Å²) in [4.78, 5) is 15.3. The third-order valence-electron chi connectivity index (χ3n) is 3.14. The molecule has 0 amide bonds. The molecule has 0 fully saturated rings. The van der Waals surface area contributed by atoms with E-state index in [0.717, 1.165) is 29.2 Å². The number of aliphatic carboxylic acids is 1. The highest BCUT2D eigenvalue weighted by atomic mass is 32.2. The molecule has 0 saturated heterocycles. The second-order valence-electron chi connectivity index (χ2n) is 4.69. The summed E-state index contributed by atoms with van der Waals surface area (Å²) < 4.78 is 2.14. The minimum Gasteiger partial charge on any atom is -0.481 e. The minimum absolute atomic E-state index is 0.0455. The molecule has 0 spiro atoms. The molecule has 102 valence electrons. The van der Waals surface area contributed by atoms with Crippen LogP contribution in [0.25, 0.3) is 11.0 Å². The number of benzene rings is 1. The molecule has 1 unspecified atom stereocenters. The van der Waals surface area contributed by atoms with Crippen LogP contribution in [0.1, 0.15) is 20.3 Å². The van der Waals surface area contributed by atoms with E-state index in [1.165, 1.54) is 11.8 Å². The van der Waals surface area contributed by atoms with E-state index in [1.807, 2.05) is 24.3 Å². The second kappa shape index (κ2) is 6.10. The van der Waals surface area contributed by atoms with Crippen LogP contribution in [0, 0.1) is 5.92 Å². The summed E-state index contributed by atoms with van der Waals surface area (Å²) in [5.41, 5.74) is 2.01. The van der Waals surface area contributed by atoms with E-state index in [-0.39, 0.29) is 5.75 Å². The quantitative estimate of drug-likeness (QED) is 0.824. The van der Waals surface area contributed by atoms with Gasteiger partial charge in [-0.05, 0) is 18.1 Å². The first kappa shape index (κ1) is 13.9. The van der Waals surface area contributed by atoms with Crippen molar-refractivity contribution in [2.75, 3.05) is 5.75 Å². The number of carboxylic acid groups (broad SMARTS) is 1. The van der Waals surface area contributed by atoms with Crippen LogP contribution in [0.15, 0.2) is 29.4 Å². The lowest BCUT2D eigenvalue weighted by molar-refractivity contribution is -0.133. The number of rotatable bonds is 6. The predicted molar refractivity (Wildman–Crippen MR) is 77.5 cm³/mol. The van der Waals surface area contributed by atoms with Gasteiger partial charge in [-0.25, -0.2) is 4.98 Å². The van der Waals surface area contributed by atoms with Crippen LogP contribution in [-0.4, -0.2) is 26.4 Å². The highest BCUT2D eigenvalue weighted by Crippen LogP contribution is 2.25. The average molecular weight is 278 g/mol. The summed E-state index contributed by atoms with van der Waals surface area (Å²) in [6.07, 6.45) is 1.09. The van der Waals surface area contributed by atoms with Crippen LogP contribution in [0.3, 0.4) is 0 Å². The van der Waals surface area contributed by atoms with E-state index < -0.39 is 5.97 Å². The van der Waals surface area contributed by atoms with Crippen molar-refractivity contribution in [2.45, 2.75) is 32.0 Å². The van der Waals surface area contributed by atoms with E-state index >= 15 is 0 Å². The molecule has 1 aromatic carbocycles. The third-order valence-corrected chi connectivity index (χ3v) is 4.10. The molecular weight excluding hydrogens is 260 g/mol. The number of carbonyl (C=O) groups is 1. The monoisotopic (exact) mass is 278 g/mol. The van der Waals surface area contributed by atoms with Crippen molar-refractivity contribution in [3.63, 3.8) is 0 Å². The van der Waals surface area contributed by atoms with E-state index in [1.54, 1.807) is 0 Å². The van der Waals surface area contributed by atoms with Gasteiger partial charge in [0.05, 0.1) is 16.8 Å². The minimum atomic E-state index is -0.813. The Morgan fingerprint density at radius 2 is 2.21 bits per heavy atom. The molecule has 1 heterocycles. The lowest BCUT2D eigenvalue weighted by Crippen LogP contribution is -2.09. The molecule has 0 aliphatic heterocycles. The molecule has 0 aliphatic carbocycles. The topological polar surface area (TPSA) is 55.1 Å². The fraction of sp³-hybridized carbons (Fsp3) is 0.429. The van der Waals surface area contributed by atoms with E-state index in [9.17, 15) is 4.79 Å². The number of thioether (sulfide) groups is 1. The highest BCUT2D eigenvalue weighted by molar-refractivity contribution is 7.99. The summed E-state index contributed by atoms with van der Waals surface area (Å²) in [6, 6.07) is 7.94. The van der Waals surface area contributed by atoms with Gasteiger partial charge in [0.15, 0.2) is 5.16 Å². The maximum absolute atomic E-state index is 10.7. The standard InChI is InChI=1S/C14H18N2O2S/c1-3-10(2)8-16-12-7-5-4-6-11(12)15-14(16)19-9-13(17)18/h4-7,10H,3,8-9H2,1-2H3,(H,17,18). The molecule has 0 aliphatic rings. The zero-order valence-electron chi connectivity index (χ0n) is 11.2. The molecule has 1 aromatic heterocycles. The van der Waals surface area contributed by atoms with Gasteiger partial charge in [-0.3, -0.25) is 4.79 Å². The molecule has 1 atom stereocenters. The molecule has 2 rings (SSSR count). The number of aromatic nitrogens is 2. The SMILES string of the molecule is CCC(C)Cn1c(SCC(=O)O)nc2ccccc21. The van der Waals surface area contributed by atoms with Gasteiger partial charge in [-0.15, -0.1) is 0 Å². The van der Waals surface area contributed by atoms with E-state index in [4.69, 9.17) is 5.11 Å². The molecule has 0 bridgehead atoms. The summed E-state index contributed by atoms with van der Waals surface area (Å²) in [6.45, 7) is 5.23. The fourth-order valence-corrected chi connectivity index (χ4v) is 2.65. The van der Waals surface area contributed by atoms with Crippen molar-refractivity contribution in [1.82, 2.24) is 9.55 Å². The Balaban J connectivity index is 2.36. The first-order chi connectivity index (χ1) is 9.11. The van der Waals surface area contributed by atoms with Gasteiger partial charge in [-0.1, -0.05) is 44.2 Å². The maximum Gasteiger partial charge on any atom is 0.313 e. The van der Waals surface area contributed by atoms with Crippen LogP contribution in [0.2, 0.25) is 0 Å². The fourth-order valence-electron chi connectivity index (χ4n) is 1.91. The maximum atomic E-state index is 10.7. The van der Waals surface area contributed by atoms with Crippen molar-refractivity contribution in [1.29, 1.82) is 0 Å². The number of nitrogens with zero attached hydrogens (tertiary/aromatic N) is 2. The summed E-state index contributed by atoms with van der Waals surface area (Å²) >= 11 is 1.29. The number of hydrogen-bond acceptors (Lipinski definition) is 3. The Morgan fingerprint density at radius 1 is 1.47 bits per heavy atom. The van der Waals surface area contributed by atoms with Gasteiger partial charge >= 0.3 is 5.97 Å². The Labute approximate surface area is 116 Å². The number of para-hydroxylation sites is 2. The summed E-state index contributed by atoms with van der Waals surface area (Å²) in [7, 11) is 0. The summed E-state index contributed by atoms with van der Waals surface area (Å²) in [5, 5.41) is 9.61. The van der Waals surface area contributed by atoms with Gasteiger partial charge < -0.3 is 9.67 Å². The first-order valence-corrected chi connectivity index (χ1v) is 7.40. The van der Waals surface area contributed by atoms with E-state index in [0.29, 0.717) is 5.92 Å². The van der Waals surface area contributed by atoms with Crippen molar-refractivity contribution in [3.05, 3.63) is 24.3 Å². The smallest absolute Gasteiger partial charge is 0.313 e. The Kier molecular flexibility index (Phi) is 4.47. The largest absolute Gasteiger partial charge is 0.481 e. The summed E-state index contributed by atoms with van der Waals surface area (Å²) in [5.74, 6) is -0.224. The van der Waals surface area contributed by atoms with Crippen LogP contribution >= 0.6 is 11.8 Å². The van der Waals surface area contributed by atoms with Crippen LogP contribution in [0.5, 0.6) is 0 Å². The zero-order valence-corrected chi connectivity index (χ0v) is 12.0. The van der Waals surface area contributed by atoms with Gasteiger partial charge in [0.1, 0.15) is 0 Å². The molecule has 4 nitrogen and oxygen atoms in total. The zero-order chi connectivity index (χ0) is 13.8. The third kappa shape index (κ3) is 3.29. The van der Waals surface area contributed by atoms with Gasteiger partial charge in [0.25, 0.3) is 0 Å². The van der Waals surface area contributed by atoms with Crippen LogP contribution in [-0.2, 0) is 11.3 Å². The number of hydrogen-bond donors (Lipinski definition) is 1. The first-order valence-electron chi connectivity index (χ1n) is 6.41. The Morgan fingerprint density at radius 3 is 2.89 bits per heavy atom. The van der Waals surface area contributed by atoms with Gasteiger partial charge in [0.2, 0.25) is 0 Å². The molecule has 0 saturated carbocycles. The second-order valence-corrected chi connectivity index (χ2v) is 5.63. The Hall–Kier alpha value is -1.49. The molecule has 0 radical (unpaired) electrons. The van der Waals surface area contributed by atoms with Crippen molar-refractivity contribution < 1.29 is 9.90 Å². The number of fused-ring (bicyclic) bond motifs is 1. The van der Waals surface area contributed by atoms with Gasteiger partial charge in [0, 0.05) is 6.54 Å². The van der Waals surface area contributed by atoms with Crippen molar-refractivity contribution in [2.24, 2.45) is 5.92 Å². The lowest BCUT2D eigenvalue weighted by atomic mass is 10.1. The Bertz CT molecular complexity index is 580. The van der Waals surface area contributed by atoms with Crippen LogP contribution < -0.4 is 0 Å².